The maximum absolute atomic E-state index is 4.94. The zero-order valence-corrected chi connectivity index (χ0v) is 43.9. The zero-order chi connectivity index (χ0) is 47.7. The number of pyridine rings is 2. The Kier molecular flexibility index (Phi) is 25.8. The molecule has 0 radical (unpaired) electrons. The van der Waals surface area contributed by atoms with E-state index in [1.165, 1.54) is 35.1 Å². The molecule has 0 atom stereocenters. The molecular weight excluding hydrogens is 978 g/mol. The first-order valence-electron chi connectivity index (χ1n) is 20.9. The quantitative estimate of drug-likeness (QED) is 0.112. The number of nitrogens with zero attached hydrogens (tertiary/aromatic N) is 6. The Labute approximate surface area is 416 Å². The summed E-state index contributed by atoms with van der Waals surface area (Å²) in [5.74, 6) is 0. The van der Waals surface area contributed by atoms with E-state index in [1.54, 1.807) is 0 Å². The fourth-order valence-corrected chi connectivity index (χ4v) is 6.45. The van der Waals surface area contributed by atoms with E-state index in [2.05, 4.69) is 90.1 Å². The zero-order valence-electron chi connectivity index (χ0n) is 38.7. The third-order valence-electron chi connectivity index (χ3n) is 10.1. The van der Waals surface area contributed by atoms with E-state index in [0.717, 1.165) is 92.7 Å². The van der Waals surface area contributed by atoms with Crippen molar-refractivity contribution >= 4 is 86.0 Å². The molecule has 65 heavy (non-hydrogen) atoms. The minimum absolute atomic E-state index is 0.194. The molecule has 3 heterocycles. The van der Waals surface area contributed by atoms with Gasteiger partial charge < -0.3 is 4.74 Å². The van der Waals surface area contributed by atoms with Gasteiger partial charge in [-0.2, -0.15) is 0 Å². The van der Waals surface area contributed by atoms with E-state index in [9.17, 15) is 0 Å². The van der Waals surface area contributed by atoms with Gasteiger partial charge in [-0.3, -0.25) is 20.0 Å². The number of aryl methyl sites for hydroxylation is 6. The normalized spacial score (nSPS) is 12.8. The van der Waals surface area contributed by atoms with Crippen molar-refractivity contribution < 1.29 is 31.0 Å². The summed E-state index contributed by atoms with van der Waals surface area (Å²) >= 11 is 0.389. The van der Waals surface area contributed by atoms with E-state index in [0.29, 0.717) is 0 Å². The van der Waals surface area contributed by atoms with Crippen LogP contribution in [-0.2, 0) is 31.0 Å². The number of aliphatic imine (C=N–C) groups is 4. The molecule has 13 heteroatoms. The summed E-state index contributed by atoms with van der Waals surface area (Å²) in [6.07, 6.45) is 2.56. The Morgan fingerprint density at radius 2 is 0.662 bits per heavy atom. The van der Waals surface area contributed by atoms with Crippen LogP contribution in [0.5, 0.6) is 0 Å². The Hall–Kier alpha value is -3.98. The van der Waals surface area contributed by atoms with Crippen LogP contribution in [0, 0.1) is 41.5 Å². The summed E-state index contributed by atoms with van der Waals surface area (Å²) in [5.41, 5.74) is 18.0. The van der Waals surface area contributed by atoms with Crippen LogP contribution in [0.15, 0.2) is 141 Å². The van der Waals surface area contributed by atoms with E-state index in [4.69, 9.17) is 75.1 Å². The van der Waals surface area contributed by atoms with Crippen molar-refractivity contribution in [2.75, 3.05) is 13.2 Å². The van der Waals surface area contributed by atoms with Crippen molar-refractivity contribution in [2.24, 2.45) is 20.0 Å². The number of benzene rings is 4. The summed E-state index contributed by atoms with van der Waals surface area (Å²) in [7, 11) is 19.1. The molecule has 1 aliphatic rings. The van der Waals surface area contributed by atoms with Crippen molar-refractivity contribution in [3.63, 3.8) is 0 Å². The van der Waals surface area contributed by atoms with Gasteiger partial charge in [-0.15, -0.1) is 0 Å². The maximum atomic E-state index is 4.94. The second-order valence-electron chi connectivity index (χ2n) is 15.1. The molecular formula is C52H58Cl4Fe2N6O. The van der Waals surface area contributed by atoms with E-state index in [-0.39, 0.29) is 26.3 Å². The molecule has 0 bridgehead atoms. The van der Waals surface area contributed by atoms with Crippen LogP contribution < -0.4 is 0 Å². The third kappa shape index (κ3) is 19.0. The van der Waals surface area contributed by atoms with Gasteiger partial charge in [-0.25, -0.2) is 9.97 Å². The van der Waals surface area contributed by atoms with Crippen LogP contribution in [0.2, 0.25) is 0 Å². The number of hydrogen-bond acceptors (Lipinski definition) is 7. The summed E-state index contributed by atoms with van der Waals surface area (Å²) in [4.78, 5) is 28.8. The van der Waals surface area contributed by atoms with Gasteiger partial charge in [-0.05, 0) is 152 Å². The second-order valence-corrected chi connectivity index (χ2v) is 18.7. The number of hydrogen-bond donors (Lipinski definition) is 0. The molecule has 0 aliphatic carbocycles. The summed E-state index contributed by atoms with van der Waals surface area (Å²) in [6, 6.07) is 40.7. The van der Waals surface area contributed by atoms with Gasteiger partial charge >= 0.3 is 66.7 Å². The monoisotopic (exact) mass is 1030 g/mol. The predicted molar refractivity (Wildman–Crippen MR) is 274 cm³/mol. The van der Waals surface area contributed by atoms with Crippen LogP contribution in [0.4, 0.5) is 22.7 Å². The van der Waals surface area contributed by atoms with E-state index >= 15 is 0 Å². The van der Waals surface area contributed by atoms with Gasteiger partial charge in [0.15, 0.2) is 0 Å². The van der Waals surface area contributed by atoms with Crippen molar-refractivity contribution in [2.45, 2.75) is 82.1 Å². The first-order chi connectivity index (χ1) is 31.2. The first-order valence-corrected chi connectivity index (χ1v) is 27.0. The Morgan fingerprint density at radius 3 is 0.938 bits per heavy atom. The molecule has 1 aliphatic heterocycles. The van der Waals surface area contributed by atoms with Gasteiger partial charge in [0.1, 0.15) is 0 Å². The summed E-state index contributed by atoms with van der Waals surface area (Å²) in [5, 5.41) is 0. The Bertz CT molecular complexity index is 2340. The molecule has 7 nitrogen and oxygen atoms in total. The van der Waals surface area contributed by atoms with Gasteiger partial charge in [0.2, 0.25) is 0 Å². The topological polar surface area (TPSA) is 84.5 Å². The van der Waals surface area contributed by atoms with Crippen molar-refractivity contribution in [1.29, 1.82) is 0 Å². The number of rotatable bonds is 8. The van der Waals surface area contributed by atoms with Crippen molar-refractivity contribution in [3.05, 3.63) is 177 Å². The fourth-order valence-electron chi connectivity index (χ4n) is 6.45. The molecule has 2 aromatic heterocycles. The predicted octanol–water partition coefficient (Wildman–Crippen LogP) is 16.1. The fraction of sp³-hybridized carbons (Fsp3) is 0.269. The number of ether oxygens (including phenoxy) is 1. The van der Waals surface area contributed by atoms with Gasteiger partial charge in [0.25, 0.3) is 0 Å². The molecule has 7 rings (SSSR count). The van der Waals surface area contributed by atoms with E-state index < -0.39 is 0 Å². The van der Waals surface area contributed by atoms with Crippen molar-refractivity contribution in [1.82, 2.24) is 9.97 Å². The molecule has 4 aromatic carbocycles. The molecule has 0 amide bonds. The second kappa shape index (κ2) is 30.3. The summed E-state index contributed by atoms with van der Waals surface area (Å²) in [6.45, 7) is 22.5. The molecule has 0 N–H and O–H groups in total. The van der Waals surface area contributed by atoms with Crippen LogP contribution in [-0.4, -0.2) is 46.0 Å². The molecule has 346 valence electrons. The van der Waals surface area contributed by atoms with Gasteiger partial charge in [0.05, 0.1) is 68.4 Å². The molecule has 1 saturated heterocycles. The van der Waals surface area contributed by atoms with Crippen molar-refractivity contribution in [3.8, 4) is 0 Å². The average molecular weight is 1040 g/mol. The van der Waals surface area contributed by atoms with Crippen LogP contribution in [0.3, 0.4) is 0 Å². The minimum atomic E-state index is 0.194. The van der Waals surface area contributed by atoms with Crippen LogP contribution >= 0.6 is 40.4 Å². The Morgan fingerprint density at radius 1 is 0.400 bits per heavy atom. The van der Waals surface area contributed by atoms with Gasteiger partial charge in [-0.1, -0.05) is 84.9 Å². The molecule has 6 aromatic rings. The van der Waals surface area contributed by atoms with Crippen LogP contribution in [0.1, 0.15) is 96.7 Å². The van der Waals surface area contributed by atoms with Gasteiger partial charge in [0, 0.05) is 13.2 Å². The molecule has 0 saturated carbocycles. The SMILES string of the molecule is C1CCOC1.CC(=Nc1ccccc1C)c1cccc(C(C)=Nc2c(C)cccc2C)n1.CC(=Nc1ccccc1C)c1cccc(C(C)=Nc2c(C)cccc2C)n1.[Cl][Fe][Cl].[Cl][Fe][Cl]. The molecule has 0 spiro atoms. The number of aromatic nitrogens is 2. The average Bonchev–Trinajstić information content (AvgIpc) is 3.90. The standard InChI is InChI=1S/2C24H25N3.C4H8O.4ClH.2Fe/c2*1-16-10-6-7-13-21(16)25-19(4)22-14-9-15-23(27-22)20(5)26-24-17(2)11-8-12-18(24)3;1-2-4-5-3-1;;;;;;/h2*6-15H,1-5H3;1-4H2;4*1H;;/q;;;;;;;2*+2/p-4. The molecule has 0 unspecified atom stereocenters. The summed E-state index contributed by atoms with van der Waals surface area (Å²) < 4.78 is 4.94. The number of halogens is 4. The van der Waals surface area contributed by atoms with E-state index in [1.807, 2.05) is 100 Å². The first kappa shape index (κ1) is 55.3. The molecule has 1 fully saturated rings. The Balaban J connectivity index is 0.000000280. The van der Waals surface area contributed by atoms with Crippen LogP contribution in [0.25, 0.3) is 0 Å². The number of para-hydroxylation sites is 4. The third-order valence-corrected chi connectivity index (χ3v) is 10.1.